The smallest absolute Gasteiger partial charge is 0.410 e. The molecule has 0 aromatic heterocycles. The molecule has 0 saturated heterocycles. The van der Waals surface area contributed by atoms with E-state index in [1.54, 1.807) is 4.90 Å². The van der Waals surface area contributed by atoms with E-state index in [0.717, 1.165) is 23.8 Å². The lowest BCUT2D eigenvalue weighted by Crippen LogP contribution is -2.35. The Morgan fingerprint density at radius 2 is 2.11 bits per heavy atom. The van der Waals surface area contributed by atoms with Gasteiger partial charge in [0.25, 0.3) is 0 Å². The highest BCUT2D eigenvalue weighted by Gasteiger charge is 2.18. The molecule has 0 atom stereocenters. The minimum atomic E-state index is -0.301. The molecule has 1 aromatic rings. The normalized spacial score (nSPS) is 14.7. The van der Waals surface area contributed by atoms with Gasteiger partial charge in [0.15, 0.2) is 0 Å². The first-order chi connectivity index (χ1) is 9.29. The number of benzene rings is 1. The van der Waals surface area contributed by atoms with E-state index in [1.807, 2.05) is 36.4 Å². The van der Waals surface area contributed by atoms with E-state index in [1.165, 1.54) is 0 Å². The van der Waals surface area contributed by atoms with Gasteiger partial charge in [-0.2, -0.15) is 0 Å². The summed E-state index contributed by atoms with van der Waals surface area (Å²) >= 11 is 0. The van der Waals surface area contributed by atoms with Gasteiger partial charge in [-0.15, -0.1) is 0 Å². The highest BCUT2D eigenvalue weighted by atomic mass is 16.6. The molecular formula is C15H17NO3. The zero-order valence-corrected chi connectivity index (χ0v) is 10.7. The van der Waals surface area contributed by atoms with Crippen molar-refractivity contribution in [3.8, 4) is 0 Å². The van der Waals surface area contributed by atoms with Gasteiger partial charge >= 0.3 is 6.09 Å². The minimum Gasteiger partial charge on any atom is -0.445 e. The first kappa shape index (κ1) is 13.3. The summed E-state index contributed by atoms with van der Waals surface area (Å²) in [5, 5.41) is 0. The summed E-state index contributed by atoms with van der Waals surface area (Å²) in [6, 6.07) is 9.60. The van der Waals surface area contributed by atoms with Crippen LogP contribution in [0.25, 0.3) is 0 Å². The summed E-state index contributed by atoms with van der Waals surface area (Å²) < 4.78 is 5.25. The van der Waals surface area contributed by atoms with E-state index in [2.05, 4.69) is 0 Å². The summed E-state index contributed by atoms with van der Waals surface area (Å²) in [7, 11) is 0. The number of aldehydes is 1. The summed E-state index contributed by atoms with van der Waals surface area (Å²) in [4.78, 5) is 23.9. The molecule has 100 valence electrons. The first-order valence-corrected chi connectivity index (χ1v) is 6.37. The molecule has 2 rings (SSSR count). The van der Waals surface area contributed by atoms with Gasteiger partial charge in [0.2, 0.25) is 0 Å². The van der Waals surface area contributed by atoms with Gasteiger partial charge in [-0.05, 0) is 12.0 Å². The van der Waals surface area contributed by atoms with Crippen molar-refractivity contribution < 1.29 is 14.3 Å². The minimum absolute atomic E-state index is 0.293. The Labute approximate surface area is 112 Å². The molecule has 0 spiro atoms. The van der Waals surface area contributed by atoms with Crippen molar-refractivity contribution in [1.29, 1.82) is 0 Å². The molecular weight excluding hydrogens is 242 g/mol. The fourth-order valence-electron chi connectivity index (χ4n) is 1.98. The molecule has 0 fully saturated rings. The Bertz CT molecular complexity index is 468. The van der Waals surface area contributed by atoms with Crippen LogP contribution >= 0.6 is 0 Å². The predicted octanol–water partition coefficient (Wildman–Crippen LogP) is 2.54. The average molecular weight is 259 g/mol. The number of carbonyl (C=O) groups excluding carboxylic acids is 2. The zero-order valence-electron chi connectivity index (χ0n) is 10.7. The summed E-state index contributed by atoms with van der Waals surface area (Å²) in [6.45, 7) is 1.44. The van der Waals surface area contributed by atoms with Crippen LogP contribution in [-0.2, 0) is 16.1 Å². The maximum absolute atomic E-state index is 11.8. The SMILES string of the molecule is O=CCC1=CCN(C(=O)OCc2ccccc2)CC1. The molecule has 1 amide bonds. The van der Waals surface area contributed by atoms with Gasteiger partial charge in [0.1, 0.15) is 12.9 Å². The Balaban J connectivity index is 1.80. The van der Waals surface area contributed by atoms with Crippen LogP contribution in [0.1, 0.15) is 18.4 Å². The van der Waals surface area contributed by atoms with Crippen molar-refractivity contribution in [3.05, 3.63) is 47.5 Å². The lowest BCUT2D eigenvalue weighted by atomic mass is 10.1. The van der Waals surface area contributed by atoms with Crippen LogP contribution in [-0.4, -0.2) is 30.4 Å². The molecule has 0 N–H and O–H groups in total. The van der Waals surface area contributed by atoms with Crippen LogP contribution in [0.15, 0.2) is 42.0 Å². The maximum atomic E-state index is 11.8. The number of hydrogen-bond acceptors (Lipinski definition) is 3. The quantitative estimate of drug-likeness (QED) is 0.616. The Morgan fingerprint density at radius 1 is 1.32 bits per heavy atom. The highest BCUT2D eigenvalue weighted by molar-refractivity contribution is 5.68. The summed E-state index contributed by atoms with van der Waals surface area (Å²) in [5.74, 6) is 0. The van der Waals surface area contributed by atoms with E-state index < -0.39 is 0 Å². The number of carbonyl (C=O) groups is 2. The second-order valence-electron chi connectivity index (χ2n) is 4.47. The van der Waals surface area contributed by atoms with Crippen LogP contribution < -0.4 is 0 Å². The van der Waals surface area contributed by atoms with Gasteiger partial charge in [-0.25, -0.2) is 4.79 Å². The molecule has 4 nitrogen and oxygen atoms in total. The van der Waals surface area contributed by atoms with Crippen molar-refractivity contribution in [2.24, 2.45) is 0 Å². The Hall–Kier alpha value is -2.10. The Kier molecular flexibility index (Phi) is 4.72. The lowest BCUT2D eigenvalue weighted by Gasteiger charge is -2.25. The lowest BCUT2D eigenvalue weighted by molar-refractivity contribution is -0.107. The molecule has 0 aliphatic carbocycles. The zero-order chi connectivity index (χ0) is 13.5. The van der Waals surface area contributed by atoms with Crippen LogP contribution in [0.5, 0.6) is 0 Å². The summed E-state index contributed by atoms with van der Waals surface area (Å²) in [6.07, 6.45) is 3.74. The molecule has 1 aliphatic rings. The monoisotopic (exact) mass is 259 g/mol. The van der Waals surface area contributed by atoms with Crippen molar-refractivity contribution in [3.63, 3.8) is 0 Å². The number of ether oxygens (including phenoxy) is 1. The molecule has 1 aliphatic heterocycles. The fourth-order valence-corrected chi connectivity index (χ4v) is 1.98. The van der Waals surface area contributed by atoms with Crippen LogP contribution in [0.2, 0.25) is 0 Å². The average Bonchev–Trinajstić information content (AvgIpc) is 2.47. The van der Waals surface area contributed by atoms with Crippen LogP contribution in [0.3, 0.4) is 0 Å². The standard InChI is InChI=1S/C15H17NO3/c17-11-8-13-6-9-16(10-7-13)15(18)19-12-14-4-2-1-3-5-14/h1-6,11H,7-10,12H2. The van der Waals surface area contributed by atoms with Gasteiger partial charge in [0.05, 0.1) is 0 Å². The van der Waals surface area contributed by atoms with Crippen molar-refractivity contribution in [1.82, 2.24) is 4.90 Å². The van der Waals surface area contributed by atoms with Crippen LogP contribution in [0, 0.1) is 0 Å². The molecule has 0 unspecified atom stereocenters. The van der Waals surface area contributed by atoms with Gasteiger partial charge in [-0.3, -0.25) is 0 Å². The number of nitrogens with zero attached hydrogens (tertiary/aromatic N) is 1. The van der Waals surface area contributed by atoms with Crippen LogP contribution in [0.4, 0.5) is 4.79 Å². The topological polar surface area (TPSA) is 46.6 Å². The molecule has 0 bridgehead atoms. The second-order valence-corrected chi connectivity index (χ2v) is 4.47. The molecule has 19 heavy (non-hydrogen) atoms. The van der Waals surface area contributed by atoms with E-state index in [9.17, 15) is 9.59 Å². The van der Waals surface area contributed by atoms with E-state index in [0.29, 0.717) is 26.1 Å². The third-order valence-electron chi connectivity index (χ3n) is 3.11. The molecule has 1 aromatic carbocycles. The van der Waals surface area contributed by atoms with E-state index >= 15 is 0 Å². The van der Waals surface area contributed by atoms with Crippen molar-refractivity contribution in [2.75, 3.05) is 13.1 Å². The molecule has 1 heterocycles. The van der Waals surface area contributed by atoms with Gasteiger partial charge in [0, 0.05) is 19.5 Å². The first-order valence-electron chi connectivity index (χ1n) is 6.37. The largest absolute Gasteiger partial charge is 0.445 e. The molecule has 0 radical (unpaired) electrons. The third-order valence-corrected chi connectivity index (χ3v) is 3.11. The van der Waals surface area contributed by atoms with Crippen molar-refractivity contribution >= 4 is 12.4 Å². The number of amides is 1. The maximum Gasteiger partial charge on any atom is 0.410 e. The Morgan fingerprint density at radius 3 is 2.74 bits per heavy atom. The predicted molar refractivity (Wildman–Crippen MR) is 71.6 cm³/mol. The second kappa shape index (κ2) is 6.73. The summed E-state index contributed by atoms with van der Waals surface area (Å²) in [5.41, 5.74) is 2.08. The third kappa shape index (κ3) is 3.95. The molecule has 4 heteroatoms. The van der Waals surface area contributed by atoms with E-state index in [-0.39, 0.29) is 6.09 Å². The van der Waals surface area contributed by atoms with Gasteiger partial charge in [-0.1, -0.05) is 42.0 Å². The number of hydrogen-bond donors (Lipinski definition) is 0. The van der Waals surface area contributed by atoms with Crippen molar-refractivity contribution in [2.45, 2.75) is 19.4 Å². The fraction of sp³-hybridized carbons (Fsp3) is 0.333. The van der Waals surface area contributed by atoms with E-state index in [4.69, 9.17) is 4.74 Å². The highest BCUT2D eigenvalue weighted by Crippen LogP contribution is 2.14. The number of rotatable bonds is 4. The molecule has 0 saturated carbocycles. The van der Waals surface area contributed by atoms with Gasteiger partial charge < -0.3 is 14.4 Å².